The van der Waals surface area contributed by atoms with Gasteiger partial charge in [-0.05, 0) is 79.8 Å². The molecule has 0 saturated carbocycles. The zero-order chi connectivity index (χ0) is 22.3. The maximum absolute atomic E-state index is 13.4. The van der Waals surface area contributed by atoms with Crippen molar-refractivity contribution >= 4 is 20.9 Å². The van der Waals surface area contributed by atoms with Crippen LogP contribution in [0.3, 0.4) is 0 Å². The number of nitrogens with zero attached hydrogens (tertiary/aromatic N) is 1. The van der Waals surface area contributed by atoms with Crippen LogP contribution in [0, 0.1) is 20.8 Å². The summed E-state index contributed by atoms with van der Waals surface area (Å²) in [6, 6.07) is 16.1. The molecule has 31 heavy (non-hydrogen) atoms. The number of aromatic nitrogens is 1. The number of ether oxygens (including phenoxy) is 1. The number of phenols is 1. The Morgan fingerprint density at radius 1 is 0.935 bits per heavy atom. The lowest BCUT2D eigenvalue weighted by molar-refractivity contribution is 0.415. The van der Waals surface area contributed by atoms with Crippen LogP contribution in [0.25, 0.3) is 10.9 Å². The molecular formula is C25H25NO4S. The van der Waals surface area contributed by atoms with Gasteiger partial charge in [-0.25, -0.2) is 12.4 Å². The zero-order valence-corrected chi connectivity index (χ0v) is 18.8. The number of methoxy groups -OCH3 is 1. The van der Waals surface area contributed by atoms with Gasteiger partial charge < -0.3 is 9.84 Å². The Labute approximate surface area is 182 Å². The standard InChI is InChI=1S/C25H25NO4S/c1-16-5-8-22(9-6-16)31(28,29)26-15-20(23-14-21(30-4)7-10-24(23)26)13-19-11-17(2)25(27)18(3)12-19/h5-12,14-15,27H,13H2,1-4H3. The van der Waals surface area contributed by atoms with Crippen LogP contribution in [0.1, 0.15) is 27.8 Å². The van der Waals surface area contributed by atoms with Crippen molar-refractivity contribution in [1.82, 2.24) is 3.97 Å². The van der Waals surface area contributed by atoms with Crippen LogP contribution in [-0.4, -0.2) is 24.6 Å². The molecule has 0 spiro atoms. The van der Waals surface area contributed by atoms with E-state index in [2.05, 4.69) is 0 Å². The highest BCUT2D eigenvalue weighted by molar-refractivity contribution is 7.90. The predicted octanol–water partition coefficient (Wildman–Crippen LogP) is 5.11. The van der Waals surface area contributed by atoms with Crippen molar-refractivity contribution in [3.63, 3.8) is 0 Å². The van der Waals surface area contributed by atoms with E-state index in [1.807, 2.05) is 39.0 Å². The zero-order valence-electron chi connectivity index (χ0n) is 18.0. The van der Waals surface area contributed by atoms with Gasteiger partial charge in [0.05, 0.1) is 17.5 Å². The number of hydrogen-bond acceptors (Lipinski definition) is 4. The maximum atomic E-state index is 13.4. The number of phenolic OH excluding ortho intramolecular Hbond substituents is 1. The Bertz CT molecular complexity index is 1360. The third-order valence-corrected chi connectivity index (χ3v) is 7.27. The van der Waals surface area contributed by atoms with E-state index in [1.54, 1.807) is 49.7 Å². The lowest BCUT2D eigenvalue weighted by Gasteiger charge is -2.08. The third kappa shape index (κ3) is 3.79. The second kappa shape index (κ2) is 7.78. The lowest BCUT2D eigenvalue weighted by atomic mass is 9.99. The van der Waals surface area contributed by atoms with Crippen molar-refractivity contribution in [1.29, 1.82) is 0 Å². The van der Waals surface area contributed by atoms with Crippen LogP contribution in [0.15, 0.2) is 65.7 Å². The minimum absolute atomic E-state index is 0.244. The van der Waals surface area contributed by atoms with Crippen LogP contribution in [0.5, 0.6) is 11.5 Å². The van der Waals surface area contributed by atoms with E-state index in [4.69, 9.17) is 4.74 Å². The molecular weight excluding hydrogens is 410 g/mol. The fraction of sp³-hybridized carbons (Fsp3) is 0.200. The Morgan fingerprint density at radius 2 is 1.58 bits per heavy atom. The first-order valence-corrected chi connectivity index (χ1v) is 11.4. The Morgan fingerprint density at radius 3 is 2.19 bits per heavy atom. The fourth-order valence-electron chi connectivity index (χ4n) is 3.90. The first-order chi connectivity index (χ1) is 14.7. The monoisotopic (exact) mass is 435 g/mol. The SMILES string of the molecule is COc1ccc2c(c1)c(Cc1cc(C)c(O)c(C)c1)cn2S(=O)(=O)c1ccc(C)cc1. The molecule has 0 atom stereocenters. The number of aryl methyl sites for hydroxylation is 3. The lowest BCUT2D eigenvalue weighted by Crippen LogP contribution is -2.11. The molecule has 160 valence electrons. The molecule has 4 rings (SSSR count). The molecule has 4 aromatic rings. The summed E-state index contributed by atoms with van der Waals surface area (Å²) < 4.78 is 33.6. The van der Waals surface area contributed by atoms with Crippen LogP contribution in [0.2, 0.25) is 0 Å². The van der Waals surface area contributed by atoms with E-state index in [0.717, 1.165) is 33.2 Å². The minimum Gasteiger partial charge on any atom is -0.507 e. The molecule has 0 radical (unpaired) electrons. The summed E-state index contributed by atoms with van der Waals surface area (Å²) in [4.78, 5) is 0.244. The van der Waals surface area contributed by atoms with Gasteiger partial charge in [0.25, 0.3) is 10.0 Å². The van der Waals surface area contributed by atoms with Crippen LogP contribution in [-0.2, 0) is 16.4 Å². The van der Waals surface area contributed by atoms with E-state index in [9.17, 15) is 13.5 Å². The molecule has 3 aromatic carbocycles. The van der Waals surface area contributed by atoms with Gasteiger partial charge in [-0.2, -0.15) is 0 Å². The number of benzene rings is 3. The summed E-state index contributed by atoms with van der Waals surface area (Å²) in [6.45, 7) is 5.65. The summed E-state index contributed by atoms with van der Waals surface area (Å²) in [5.74, 6) is 0.951. The summed E-state index contributed by atoms with van der Waals surface area (Å²) in [7, 11) is -2.17. The van der Waals surface area contributed by atoms with Crippen molar-refractivity contribution in [2.75, 3.05) is 7.11 Å². The number of fused-ring (bicyclic) bond motifs is 1. The Kier molecular flexibility index (Phi) is 5.27. The fourth-order valence-corrected chi connectivity index (χ4v) is 5.29. The molecule has 1 heterocycles. The normalized spacial score (nSPS) is 11.7. The van der Waals surface area contributed by atoms with Gasteiger partial charge in [0.15, 0.2) is 0 Å². The second-order valence-corrected chi connectivity index (χ2v) is 9.72. The molecule has 0 amide bonds. The van der Waals surface area contributed by atoms with Gasteiger partial charge in [0.1, 0.15) is 11.5 Å². The van der Waals surface area contributed by atoms with Gasteiger partial charge in [-0.15, -0.1) is 0 Å². The molecule has 0 saturated heterocycles. The quantitative estimate of drug-likeness (QED) is 0.473. The predicted molar refractivity (Wildman–Crippen MR) is 123 cm³/mol. The van der Waals surface area contributed by atoms with Crippen LogP contribution in [0.4, 0.5) is 0 Å². The van der Waals surface area contributed by atoms with Gasteiger partial charge in [0.2, 0.25) is 0 Å². The highest BCUT2D eigenvalue weighted by Crippen LogP contribution is 2.32. The largest absolute Gasteiger partial charge is 0.507 e. The van der Waals surface area contributed by atoms with Crippen molar-refractivity contribution < 1.29 is 18.3 Å². The van der Waals surface area contributed by atoms with Crippen LogP contribution >= 0.6 is 0 Å². The third-order valence-electron chi connectivity index (χ3n) is 5.58. The molecule has 6 heteroatoms. The Balaban J connectivity index is 1.89. The Hall–Kier alpha value is -3.25. The average molecular weight is 436 g/mol. The molecule has 0 aliphatic carbocycles. The van der Waals surface area contributed by atoms with Crippen LogP contribution < -0.4 is 4.74 Å². The van der Waals surface area contributed by atoms with Crippen molar-refractivity contribution in [2.24, 2.45) is 0 Å². The highest BCUT2D eigenvalue weighted by atomic mass is 32.2. The topological polar surface area (TPSA) is 68.5 Å². The summed E-state index contributed by atoms with van der Waals surface area (Å²) in [5.41, 5.74) is 5.06. The molecule has 1 aromatic heterocycles. The first-order valence-electron chi connectivity index (χ1n) is 10.00. The van der Waals surface area contributed by atoms with E-state index in [-0.39, 0.29) is 10.6 Å². The average Bonchev–Trinajstić information content (AvgIpc) is 3.10. The van der Waals surface area contributed by atoms with E-state index in [1.165, 1.54) is 3.97 Å². The van der Waals surface area contributed by atoms with E-state index >= 15 is 0 Å². The molecule has 0 fully saturated rings. The molecule has 1 N–H and O–H groups in total. The number of hydrogen-bond donors (Lipinski definition) is 1. The molecule has 0 unspecified atom stereocenters. The van der Waals surface area contributed by atoms with Gasteiger partial charge >= 0.3 is 0 Å². The minimum atomic E-state index is -3.76. The smallest absolute Gasteiger partial charge is 0.268 e. The maximum Gasteiger partial charge on any atom is 0.268 e. The summed E-state index contributed by atoms with van der Waals surface area (Å²) >= 11 is 0. The van der Waals surface area contributed by atoms with Gasteiger partial charge in [0, 0.05) is 11.6 Å². The highest BCUT2D eigenvalue weighted by Gasteiger charge is 2.22. The van der Waals surface area contributed by atoms with E-state index in [0.29, 0.717) is 17.7 Å². The van der Waals surface area contributed by atoms with Gasteiger partial charge in [-0.3, -0.25) is 0 Å². The summed E-state index contributed by atoms with van der Waals surface area (Å²) in [5, 5.41) is 10.9. The molecule has 5 nitrogen and oxygen atoms in total. The molecule has 0 bridgehead atoms. The molecule has 0 aliphatic heterocycles. The van der Waals surface area contributed by atoms with Crippen molar-refractivity contribution in [2.45, 2.75) is 32.1 Å². The number of aromatic hydroxyl groups is 1. The van der Waals surface area contributed by atoms with Gasteiger partial charge in [-0.1, -0.05) is 29.8 Å². The van der Waals surface area contributed by atoms with Crippen molar-refractivity contribution in [3.05, 3.63) is 88.6 Å². The van der Waals surface area contributed by atoms with Crippen molar-refractivity contribution in [3.8, 4) is 11.5 Å². The summed E-state index contributed by atoms with van der Waals surface area (Å²) in [6.07, 6.45) is 2.22. The second-order valence-electron chi connectivity index (χ2n) is 7.91. The first kappa shape index (κ1) is 21.0. The van der Waals surface area contributed by atoms with E-state index < -0.39 is 10.0 Å². The number of rotatable bonds is 5. The molecule has 0 aliphatic rings.